The van der Waals surface area contributed by atoms with E-state index < -0.39 is 11.6 Å². The summed E-state index contributed by atoms with van der Waals surface area (Å²) in [7, 11) is 0. The van der Waals surface area contributed by atoms with Crippen LogP contribution in [0.4, 0.5) is 8.78 Å². The number of nitrogens with zero attached hydrogens (tertiary/aromatic N) is 3. The fraction of sp³-hybridized carbons (Fsp3) is 0.120. The van der Waals surface area contributed by atoms with Gasteiger partial charge >= 0.3 is 0 Å². The topological polar surface area (TPSA) is 63.6 Å². The summed E-state index contributed by atoms with van der Waals surface area (Å²) >= 11 is 0. The number of imidazole rings is 1. The molecule has 7 heteroatoms. The summed E-state index contributed by atoms with van der Waals surface area (Å²) in [5, 5.41) is 10.9. The van der Waals surface area contributed by atoms with E-state index >= 15 is 0 Å². The van der Waals surface area contributed by atoms with Gasteiger partial charge in [0.25, 0.3) is 0 Å². The van der Waals surface area contributed by atoms with E-state index in [1.807, 2.05) is 49.4 Å². The second kappa shape index (κ2) is 7.92. The second-order valence-electron chi connectivity index (χ2n) is 7.59. The molecule has 0 radical (unpaired) electrons. The molecule has 0 aliphatic rings. The Morgan fingerprint density at radius 1 is 0.906 bits per heavy atom. The van der Waals surface area contributed by atoms with E-state index in [-0.39, 0.29) is 24.3 Å². The smallest absolute Gasteiger partial charge is 0.219 e. The van der Waals surface area contributed by atoms with Gasteiger partial charge in [0, 0.05) is 18.2 Å². The molecule has 5 nitrogen and oxygen atoms in total. The highest BCUT2D eigenvalue weighted by Gasteiger charge is 2.20. The van der Waals surface area contributed by atoms with E-state index in [0.29, 0.717) is 28.5 Å². The molecule has 0 unspecified atom stereocenters. The normalized spacial score (nSPS) is 11.3. The van der Waals surface area contributed by atoms with Crippen LogP contribution in [0.1, 0.15) is 28.5 Å². The molecule has 0 aliphatic heterocycles. The number of hydrogen-bond acceptors (Lipinski definition) is 4. The van der Waals surface area contributed by atoms with Gasteiger partial charge in [-0.1, -0.05) is 42.5 Å². The maximum Gasteiger partial charge on any atom is 0.219 e. The molecule has 0 aliphatic carbocycles. The van der Waals surface area contributed by atoms with Crippen LogP contribution in [0.2, 0.25) is 0 Å². The first-order valence-electron chi connectivity index (χ1n) is 10.1. The maximum atomic E-state index is 14.4. The molecule has 0 bridgehead atoms. The Bertz CT molecular complexity index is 1420. The van der Waals surface area contributed by atoms with Crippen LogP contribution in [-0.2, 0) is 12.8 Å². The Labute approximate surface area is 182 Å². The summed E-state index contributed by atoms with van der Waals surface area (Å²) in [6, 6.07) is 17.2. The molecule has 0 saturated carbocycles. The van der Waals surface area contributed by atoms with Gasteiger partial charge in [-0.25, -0.2) is 18.7 Å². The lowest BCUT2D eigenvalue weighted by atomic mass is 10.1. The third-order valence-electron chi connectivity index (χ3n) is 5.32. The van der Waals surface area contributed by atoms with E-state index in [1.165, 1.54) is 16.5 Å². The van der Waals surface area contributed by atoms with Crippen molar-refractivity contribution in [2.75, 3.05) is 0 Å². The summed E-state index contributed by atoms with van der Waals surface area (Å²) in [5.41, 5.74) is 2.78. The third kappa shape index (κ3) is 3.62. The number of halogens is 2. The van der Waals surface area contributed by atoms with Crippen LogP contribution in [-0.4, -0.2) is 19.5 Å². The minimum Gasteiger partial charge on any atom is -0.493 e. The average Bonchev–Trinajstić information content (AvgIpc) is 3.35. The Hall–Kier alpha value is -4.00. The van der Waals surface area contributed by atoms with E-state index in [0.717, 1.165) is 17.4 Å². The fourth-order valence-electron chi connectivity index (χ4n) is 3.74. The molecule has 160 valence electrons. The van der Waals surface area contributed by atoms with Crippen molar-refractivity contribution in [1.29, 1.82) is 0 Å². The molecule has 5 aromatic rings. The number of hydrogen-bond donors (Lipinski definition) is 1. The van der Waals surface area contributed by atoms with Crippen molar-refractivity contribution in [3.05, 3.63) is 107 Å². The Balaban J connectivity index is 1.67. The number of rotatable bonds is 5. The molecule has 5 rings (SSSR count). The summed E-state index contributed by atoms with van der Waals surface area (Å²) in [4.78, 5) is 9.27. The number of aromatic hydroxyl groups is 1. The van der Waals surface area contributed by atoms with E-state index in [2.05, 4.69) is 4.98 Å². The molecule has 1 N–H and O–H groups in total. The maximum absolute atomic E-state index is 14.4. The van der Waals surface area contributed by atoms with Crippen molar-refractivity contribution in [2.24, 2.45) is 0 Å². The summed E-state index contributed by atoms with van der Waals surface area (Å²) < 4.78 is 35.3. The monoisotopic (exact) mass is 431 g/mol. The van der Waals surface area contributed by atoms with Crippen molar-refractivity contribution < 1.29 is 18.3 Å². The first-order valence-corrected chi connectivity index (χ1v) is 10.1. The minimum absolute atomic E-state index is 0.0174. The van der Waals surface area contributed by atoms with Crippen LogP contribution in [0.3, 0.4) is 0 Å². The molecule has 0 saturated heterocycles. The van der Waals surface area contributed by atoms with Gasteiger partial charge in [0.1, 0.15) is 17.2 Å². The highest BCUT2D eigenvalue weighted by atomic mass is 19.2. The van der Waals surface area contributed by atoms with Gasteiger partial charge in [-0.3, -0.25) is 4.40 Å². The molecule has 0 spiro atoms. The van der Waals surface area contributed by atoms with Gasteiger partial charge in [0.05, 0.1) is 17.8 Å². The van der Waals surface area contributed by atoms with E-state index in [4.69, 9.17) is 9.40 Å². The Morgan fingerprint density at radius 2 is 1.72 bits per heavy atom. The van der Waals surface area contributed by atoms with Crippen LogP contribution < -0.4 is 0 Å². The molecule has 0 amide bonds. The van der Waals surface area contributed by atoms with E-state index in [9.17, 15) is 13.9 Å². The molecule has 2 aromatic carbocycles. The first-order chi connectivity index (χ1) is 15.5. The second-order valence-corrected chi connectivity index (χ2v) is 7.59. The predicted octanol–water partition coefficient (Wildman–Crippen LogP) is 5.46. The van der Waals surface area contributed by atoms with Crippen LogP contribution in [0.15, 0.2) is 71.3 Å². The zero-order valence-corrected chi connectivity index (χ0v) is 17.2. The first kappa shape index (κ1) is 19.9. The molecular formula is C25H19F2N3O2. The summed E-state index contributed by atoms with van der Waals surface area (Å²) in [5.74, 6) is -0.458. The van der Waals surface area contributed by atoms with Crippen LogP contribution >= 0.6 is 0 Å². The van der Waals surface area contributed by atoms with Crippen molar-refractivity contribution in [3.8, 4) is 17.1 Å². The third-order valence-corrected chi connectivity index (χ3v) is 5.32. The van der Waals surface area contributed by atoms with E-state index in [1.54, 1.807) is 6.20 Å². The average molecular weight is 431 g/mol. The highest BCUT2D eigenvalue weighted by molar-refractivity contribution is 5.63. The molecule has 0 atom stereocenters. The molecule has 3 heterocycles. The largest absolute Gasteiger partial charge is 0.493 e. The predicted molar refractivity (Wildman–Crippen MR) is 116 cm³/mol. The minimum atomic E-state index is -0.919. The fourth-order valence-corrected chi connectivity index (χ4v) is 3.74. The SMILES string of the molecule is Cc1ccc(Cc2nc3c(Cc4cccc(F)c4F)nc(-c4ccccc4)cn3c2O)o1. The van der Waals surface area contributed by atoms with Crippen molar-refractivity contribution in [3.63, 3.8) is 0 Å². The molecule has 3 aromatic heterocycles. The Morgan fingerprint density at radius 3 is 2.47 bits per heavy atom. The van der Waals surface area contributed by atoms with Crippen molar-refractivity contribution >= 4 is 5.65 Å². The highest BCUT2D eigenvalue weighted by Crippen LogP contribution is 2.29. The van der Waals surface area contributed by atoms with Crippen LogP contribution in [0, 0.1) is 18.6 Å². The van der Waals surface area contributed by atoms with Crippen molar-refractivity contribution in [2.45, 2.75) is 19.8 Å². The molecule has 32 heavy (non-hydrogen) atoms. The summed E-state index contributed by atoms with van der Waals surface area (Å²) in [6.07, 6.45) is 1.99. The standard InChI is InChI=1S/C25H19F2N3O2/c1-15-10-11-18(32-15)13-21-25(31)30-14-22(16-6-3-2-4-7-16)28-20(24(30)29-21)12-17-8-5-9-19(26)23(17)27/h2-11,14,31H,12-13H2,1H3. The van der Waals surface area contributed by atoms with Gasteiger partial charge in [0.15, 0.2) is 17.3 Å². The van der Waals surface area contributed by atoms with Gasteiger partial charge < -0.3 is 9.52 Å². The molecular weight excluding hydrogens is 412 g/mol. The number of aryl methyl sites for hydroxylation is 1. The van der Waals surface area contributed by atoms with Crippen molar-refractivity contribution in [1.82, 2.24) is 14.4 Å². The molecule has 0 fully saturated rings. The zero-order valence-electron chi connectivity index (χ0n) is 17.2. The van der Waals surface area contributed by atoms with Gasteiger partial charge in [-0.05, 0) is 30.7 Å². The lowest BCUT2D eigenvalue weighted by Crippen LogP contribution is -2.03. The number of benzene rings is 2. The number of fused-ring (bicyclic) bond motifs is 1. The van der Waals surface area contributed by atoms with Gasteiger partial charge in [-0.15, -0.1) is 0 Å². The van der Waals surface area contributed by atoms with Gasteiger partial charge in [0.2, 0.25) is 5.88 Å². The number of aromatic nitrogens is 3. The zero-order chi connectivity index (χ0) is 22.2. The lowest BCUT2D eigenvalue weighted by Gasteiger charge is -2.09. The van der Waals surface area contributed by atoms with Gasteiger partial charge in [-0.2, -0.15) is 0 Å². The van der Waals surface area contributed by atoms with Crippen LogP contribution in [0.5, 0.6) is 5.88 Å². The lowest BCUT2D eigenvalue weighted by molar-refractivity contribution is 0.436. The Kier molecular flexibility index (Phi) is 4.93. The quantitative estimate of drug-likeness (QED) is 0.401. The number of furan rings is 1. The van der Waals surface area contributed by atoms with Crippen LogP contribution in [0.25, 0.3) is 16.9 Å². The summed E-state index contributed by atoms with van der Waals surface area (Å²) in [6.45, 7) is 1.84.